The van der Waals surface area contributed by atoms with E-state index in [0.29, 0.717) is 17.3 Å². The van der Waals surface area contributed by atoms with E-state index in [0.717, 1.165) is 43.7 Å². The van der Waals surface area contributed by atoms with E-state index in [-0.39, 0.29) is 0 Å². The quantitative estimate of drug-likeness (QED) is 0.267. The molecule has 166 valence electrons. The summed E-state index contributed by atoms with van der Waals surface area (Å²) in [5.74, 6) is 1.40. The summed E-state index contributed by atoms with van der Waals surface area (Å²) in [7, 11) is 1.67. The van der Waals surface area contributed by atoms with Crippen molar-refractivity contribution < 1.29 is 9.84 Å². The van der Waals surface area contributed by atoms with Gasteiger partial charge in [0.25, 0.3) is 0 Å². The number of aromatic nitrogens is 2. The van der Waals surface area contributed by atoms with E-state index in [1.165, 1.54) is 0 Å². The highest BCUT2D eigenvalue weighted by Gasteiger charge is 2.13. The Bertz CT molecular complexity index is 1420. The second-order valence-corrected chi connectivity index (χ2v) is 9.39. The Morgan fingerprint density at radius 3 is 2.67 bits per heavy atom. The van der Waals surface area contributed by atoms with Crippen molar-refractivity contribution in [1.29, 1.82) is 0 Å². The van der Waals surface area contributed by atoms with Gasteiger partial charge in [-0.15, -0.1) is 11.8 Å². The van der Waals surface area contributed by atoms with Gasteiger partial charge in [0.05, 0.1) is 24.4 Å². The first-order valence-corrected chi connectivity index (χ1v) is 12.1. The molecule has 1 unspecified atom stereocenters. The Morgan fingerprint density at radius 2 is 1.85 bits per heavy atom. The molecule has 2 heterocycles. The summed E-state index contributed by atoms with van der Waals surface area (Å²) in [5, 5.41) is 13.7. The van der Waals surface area contributed by atoms with Crippen molar-refractivity contribution in [2.45, 2.75) is 17.5 Å². The number of pyridine rings is 1. The third kappa shape index (κ3) is 4.71. The zero-order chi connectivity index (χ0) is 22.8. The van der Waals surface area contributed by atoms with E-state index >= 15 is 0 Å². The number of hydrogen-bond acceptors (Lipinski definition) is 4. The number of halogens is 1. The maximum Gasteiger partial charge on any atom is 0.119 e. The van der Waals surface area contributed by atoms with Crippen molar-refractivity contribution in [3.05, 3.63) is 90.1 Å². The topological polar surface area (TPSA) is 47.3 Å². The normalized spacial score (nSPS) is 12.3. The Kier molecular flexibility index (Phi) is 6.27. The van der Waals surface area contributed by atoms with Gasteiger partial charge in [-0.1, -0.05) is 41.9 Å². The third-order valence-electron chi connectivity index (χ3n) is 5.64. The van der Waals surface area contributed by atoms with E-state index < -0.39 is 6.10 Å². The number of nitrogens with zero attached hydrogens (tertiary/aromatic N) is 2. The SMILES string of the molecule is COc1ccc2c(ccn2CC(O)CSc2cc(-c3ccc(Cl)cc3)nc3ccccc23)c1. The van der Waals surface area contributed by atoms with Crippen molar-refractivity contribution in [3.63, 3.8) is 0 Å². The number of fused-ring (bicyclic) bond motifs is 2. The van der Waals surface area contributed by atoms with Gasteiger partial charge in [0.15, 0.2) is 0 Å². The number of methoxy groups -OCH3 is 1. The summed E-state index contributed by atoms with van der Waals surface area (Å²) in [6.07, 6.45) is 1.51. The lowest BCUT2D eigenvalue weighted by Crippen LogP contribution is -2.17. The van der Waals surface area contributed by atoms with Gasteiger partial charge in [0, 0.05) is 50.3 Å². The number of thioether (sulfide) groups is 1. The molecule has 0 saturated heterocycles. The fourth-order valence-corrected chi connectivity index (χ4v) is 5.09. The van der Waals surface area contributed by atoms with Gasteiger partial charge >= 0.3 is 0 Å². The van der Waals surface area contributed by atoms with E-state index in [2.05, 4.69) is 16.7 Å². The van der Waals surface area contributed by atoms with E-state index in [1.807, 2.05) is 72.9 Å². The average Bonchev–Trinajstić information content (AvgIpc) is 3.24. The Morgan fingerprint density at radius 1 is 1.03 bits per heavy atom. The molecule has 0 bridgehead atoms. The molecule has 0 amide bonds. The second-order valence-electron chi connectivity index (χ2n) is 7.89. The molecular formula is C27H23ClN2O2S. The van der Waals surface area contributed by atoms with Crippen LogP contribution in [0.15, 0.2) is 90.0 Å². The monoisotopic (exact) mass is 474 g/mol. The second kappa shape index (κ2) is 9.48. The third-order valence-corrected chi connectivity index (χ3v) is 7.09. The highest BCUT2D eigenvalue weighted by atomic mass is 35.5. The number of benzene rings is 3. The van der Waals surface area contributed by atoms with Gasteiger partial charge in [-0.2, -0.15) is 0 Å². The molecule has 6 heteroatoms. The Hall–Kier alpha value is -2.99. The number of aliphatic hydroxyl groups excluding tert-OH is 1. The summed E-state index contributed by atoms with van der Waals surface area (Å²) < 4.78 is 7.40. The van der Waals surface area contributed by atoms with Crippen molar-refractivity contribution >= 4 is 45.2 Å². The Balaban J connectivity index is 1.37. The minimum atomic E-state index is -0.501. The molecule has 1 atom stereocenters. The summed E-state index contributed by atoms with van der Waals surface area (Å²) in [4.78, 5) is 5.94. The minimum absolute atomic E-state index is 0.501. The number of rotatable bonds is 7. The summed E-state index contributed by atoms with van der Waals surface area (Å²) in [6.45, 7) is 0.524. The van der Waals surface area contributed by atoms with E-state index in [9.17, 15) is 5.11 Å². The van der Waals surface area contributed by atoms with Crippen molar-refractivity contribution in [2.75, 3.05) is 12.9 Å². The summed E-state index contributed by atoms with van der Waals surface area (Å²) in [5.41, 5.74) is 3.93. The first-order valence-electron chi connectivity index (χ1n) is 10.7. The van der Waals surface area contributed by atoms with Crippen molar-refractivity contribution in [1.82, 2.24) is 9.55 Å². The van der Waals surface area contributed by atoms with Crippen LogP contribution in [0.1, 0.15) is 0 Å². The molecule has 5 aromatic rings. The predicted molar refractivity (Wildman–Crippen MR) is 137 cm³/mol. The van der Waals surface area contributed by atoms with Gasteiger partial charge < -0.3 is 14.4 Å². The lowest BCUT2D eigenvalue weighted by atomic mass is 10.1. The molecule has 0 aliphatic rings. The van der Waals surface area contributed by atoms with Crippen LogP contribution in [-0.2, 0) is 6.54 Å². The van der Waals surface area contributed by atoms with E-state index in [4.69, 9.17) is 21.3 Å². The van der Waals surface area contributed by atoms with Gasteiger partial charge in [-0.3, -0.25) is 0 Å². The van der Waals surface area contributed by atoms with E-state index in [1.54, 1.807) is 18.9 Å². The first kappa shape index (κ1) is 21.8. The molecule has 0 spiro atoms. The van der Waals surface area contributed by atoms with Crippen LogP contribution in [0, 0.1) is 0 Å². The highest BCUT2D eigenvalue weighted by molar-refractivity contribution is 7.99. The van der Waals surface area contributed by atoms with Crippen molar-refractivity contribution in [2.24, 2.45) is 0 Å². The van der Waals surface area contributed by atoms with Crippen LogP contribution in [0.25, 0.3) is 33.1 Å². The largest absolute Gasteiger partial charge is 0.497 e. The molecule has 2 aromatic heterocycles. The number of hydrogen-bond donors (Lipinski definition) is 1. The molecular weight excluding hydrogens is 452 g/mol. The van der Waals surface area contributed by atoms with Gasteiger partial charge in [0.2, 0.25) is 0 Å². The lowest BCUT2D eigenvalue weighted by molar-refractivity contribution is 0.180. The number of ether oxygens (including phenoxy) is 1. The predicted octanol–water partition coefficient (Wildman–Crippen LogP) is 6.67. The smallest absolute Gasteiger partial charge is 0.119 e. The van der Waals surface area contributed by atoms with Crippen LogP contribution >= 0.6 is 23.4 Å². The molecule has 3 aromatic carbocycles. The zero-order valence-electron chi connectivity index (χ0n) is 18.1. The fourth-order valence-electron chi connectivity index (χ4n) is 3.96. The lowest BCUT2D eigenvalue weighted by Gasteiger charge is -2.14. The average molecular weight is 475 g/mol. The minimum Gasteiger partial charge on any atom is -0.497 e. The first-order chi connectivity index (χ1) is 16.1. The van der Waals surface area contributed by atoms with Gasteiger partial charge in [-0.25, -0.2) is 4.98 Å². The maximum atomic E-state index is 10.8. The standard InChI is InChI=1S/C27H23ClN2O2S/c1-32-22-10-11-26-19(14-22)12-13-30(26)16-21(31)17-33-27-15-25(18-6-8-20(28)9-7-18)29-24-5-3-2-4-23(24)27/h2-15,21,31H,16-17H2,1H3. The molecule has 0 fully saturated rings. The van der Waals surface area contributed by atoms with Gasteiger partial charge in [-0.05, 0) is 48.5 Å². The van der Waals surface area contributed by atoms with Crippen LogP contribution in [0.2, 0.25) is 5.02 Å². The van der Waals surface area contributed by atoms with Crippen molar-refractivity contribution in [3.8, 4) is 17.0 Å². The number of aliphatic hydroxyl groups is 1. The summed E-state index contributed by atoms with van der Waals surface area (Å²) >= 11 is 7.71. The van der Waals surface area contributed by atoms with Crippen LogP contribution < -0.4 is 4.74 Å². The molecule has 0 aliphatic carbocycles. The van der Waals surface area contributed by atoms with Crippen LogP contribution in [0.5, 0.6) is 5.75 Å². The van der Waals surface area contributed by atoms with Crippen LogP contribution in [0.3, 0.4) is 0 Å². The molecule has 5 rings (SSSR count). The molecule has 33 heavy (non-hydrogen) atoms. The maximum absolute atomic E-state index is 10.8. The Labute approximate surface area is 201 Å². The fraction of sp³-hybridized carbons (Fsp3) is 0.148. The highest BCUT2D eigenvalue weighted by Crippen LogP contribution is 2.32. The van der Waals surface area contributed by atoms with Gasteiger partial charge in [0.1, 0.15) is 5.75 Å². The molecule has 0 aliphatic heterocycles. The van der Waals surface area contributed by atoms with Crippen LogP contribution in [0.4, 0.5) is 0 Å². The molecule has 0 radical (unpaired) electrons. The van der Waals surface area contributed by atoms with Crippen LogP contribution in [-0.4, -0.2) is 33.6 Å². The summed E-state index contributed by atoms with van der Waals surface area (Å²) in [6, 6.07) is 26.0. The molecule has 1 N–H and O–H groups in total. The zero-order valence-corrected chi connectivity index (χ0v) is 19.7. The molecule has 0 saturated carbocycles. The number of para-hydroxylation sites is 1. The molecule has 4 nitrogen and oxygen atoms in total.